The molecule has 4 rings (SSSR count). The molecule has 0 amide bonds. The van der Waals surface area contributed by atoms with Crippen molar-refractivity contribution in [1.82, 2.24) is 24.4 Å². The quantitative estimate of drug-likeness (QED) is 0.390. The molecule has 3 heterocycles. The number of carbonyl (C=O) groups excluding carboxylic acids is 1. The van der Waals surface area contributed by atoms with Crippen LogP contribution in [0.15, 0.2) is 47.8 Å². The second-order valence-electron chi connectivity index (χ2n) is 9.03. The van der Waals surface area contributed by atoms with E-state index >= 15 is 0 Å². The Morgan fingerprint density at radius 3 is 2.63 bits per heavy atom. The second-order valence-corrected chi connectivity index (χ2v) is 9.03. The van der Waals surface area contributed by atoms with E-state index in [0.29, 0.717) is 5.65 Å². The highest BCUT2D eigenvalue weighted by atomic mass is 16.6. The summed E-state index contributed by atoms with van der Waals surface area (Å²) in [6.07, 6.45) is 8.09. The monoisotopic (exact) mass is 481 g/mol. The molecule has 1 aliphatic rings. The SMILES string of the molecule is CCCCN(CCCC)C(C(=O)OC[C@@H]1CC[C@H](n2cnc3c(=O)[nH]cnc32)O1)c1ccccc1. The Balaban J connectivity index is 1.42. The van der Waals surface area contributed by atoms with Gasteiger partial charge in [-0.05, 0) is 44.3 Å². The number of hydrogen-bond donors (Lipinski definition) is 1. The number of fused-ring (bicyclic) bond motifs is 1. The normalized spacial score (nSPS) is 18.8. The Kier molecular flexibility index (Phi) is 8.65. The summed E-state index contributed by atoms with van der Waals surface area (Å²) in [5, 5.41) is 0. The van der Waals surface area contributed by atoms with Crippen LogP contribution < -0.4 is 5.56 Å². The summed E-state index contributed by atoms with van der Waals surface area (Å²) in [5.41, 5.74) is 1.45. The molecular weight excluding hydrogens is 446 g/mol. The maximum Gasteiger partial charge on any atom is 0.328 e. The standard InChI is InChI=1S/C26H35N5O4/c1-3-5-14-30(15-6-4-2)23(19-10-8-7-9-11-19)26(33)34-16-20-12-13-21(35-20)31-18-29-22-24(31)27-17-28-25(22)32/h7-11,17-18,20-21,23H,3-6,12-16H2,1-2H3,(H,27,28,32)/t20-,21+,23?/m0/s1. The number of imidazole rings is 1. The summed E-state index contributed by atoms with van der Waals surface area (Å²) < 4.78 is 13.8. The number of esters is 1. The lowest BCUT2D eigenvalue weighted by molar-refractivity contribution is -0.155. The lowest BCUT2D eigenvalue weighted by Gasteiger charge is -2.31. The number of nitrogens with zero attached hydrogens (tertiary/aromatic N) is 4. The largest absolute Gasteiger partial charge is 0.462 e. The van der Waals surface area contributed by atoms with E-state index in [0.717, 1.165) is 57.2 Å². The number of benzene rings is 1. The molecule has 0 spiro atoms. The molecule has 1 unspecified atom stereocenters. The van der Waals surface area contributed by atoms with E-state index in [1.54, 1.807) is 10.9 Å². The van der Waals surface area contributed by atoms with E-state index in [9.17, 15) is 9.59 Å². The van der Waals surface area contributed by atoms with Crippen molar-refractivity contribution in [2.24, 2.45) is 0 Å². The lowest BCUT2D eigenvalue weighted by atomic mass is 10.0. The number of ether oxygens (including phenoxy) is 2. The van der Waals surface area contributed by atoms with Crippen LogP contribution >= 0.6 is 0 Å². The zero-order chi connectivity index (χ0) is 24.6. The predicted molar refractivity (Wildman–Crippen MR) is 133 cm³/mol. The van der Waals surface area contributed by atoms with Crippen molar-refractivity contribution in [2.45, 2.75) is 70.7 Å². The van der Waals surface area contributed by atoms with Crippen molar-refractivity contribution in [3.8, 4) is 0 Å². The van der Waals surface area contributed by atoms with E-state index in [2.05, 4.69) is 33.7 Å². The van der Waals surface area contributed by atoms with Gasteiger partial charge in [-0.2, -0.15) is 0 Å². The summed E-state index contributed by atoms with van der Waals surface area (Å²) in [4.78, 5) is 38.6. The summed E-state index contributed by atoms with van der Waals surface area (Å²) in [6.45, 7) is 6.22. The van der Waals surface area contributed by atoms with Crippen LogP contribution in [-0.2, 0) is 14.3 Å². The van der Waals surface area contributed by atoms with E-state index in [1.807, 2.05) is 30.3 Å². The van der Waals surface area contributed by atoms with Crippen molar-refractivity contribution in [2.75, 3.05) is 19.7 Å². The molecule has 0 aliphatic carbocycles. The maximum atomic E-state index is 13.4. The van der Waals surface area contributed by atoms with Crippen LogP contribution in [0.4, 0.5) is 0 Å². The minimum Gasteiger partial charge on any atom is -0.462 e. The summed E-state index contributed by atoms with van der Waals surface area (Å²) in [6, 6.07) is 9.46. The first-order chi connectivity index (χ1) is 17.1. The van der Waals surface area contributed by atoms with Gasteiger partial charge in [0, 0.05) is 0 Å². The van der Waals surface area contributed by atoms with E-state index in [1.165, 1.54) is 6.33 Å². The van der Waals surface area contributed by atoms with Crippen LogP contribution in [0.25, 0.3) is 11.2 Å². The minimum absolute atomic E-state index is 0.189. The number of nitrogens with one attached hydrogen (secondary N) is 1. The number of carbonyl (C=O) groups is 1. The first kappa shape index (κ1) is 25.1. The molecule has 1 aliphatic heterocycles. The molecule has 35 heavy (non-hydrogen) atoms. The third-order valence-corrected chi connectivity index (χ3v) is 6.47. The fourth-order valence-corrected chi connectivity index (χ4v) is 4.57. The molecule has 1 aromatic carbocycles. The number of aromatic amines is 1. The van der Waals surface area contributed by atoms with E-state index in [-0.39, 0.29) is 36.0 Å². The summed E-state index contributed by atoms with van der Waals surface area (Å²) >= 11 is 0. The van der Waals surface area contributed by atoms with Crippen molar-refractivity contribution in [3.05, 3.63) is 58.9 Å². The number of aromatic nitrogens is 4. The second kappa shape index (κ2) is 12.1. The summed E-state index contributed by atoms with van der Waals surface area (Å²) in [5.74, 6) is -0.239. The average Bonchev–Trinajstić information content (AvgIpc) is 3.52. The Morgan fingerprint density at radius 2 is 1.91 bits per heavy atom. The first-order valence-electron chi connectivity index (χ1n) is 12.6. The number of H-pyrrole nitrogens is 1. The highest BCUT2D eigenvalue weighted by Gasteiger charge is 2.32. The van der Waals surface area contributed by atoms with Crippen LogP contribution in [0.2, 0.25) is 0 Å². The average molecular weight is 482 g/mol. The zero-order valence-electron chi connectivity index (χ0n) is 20.6. The van der Waals surface area contributed by atoms with Gasteiger partial charge in [-0.25, -0.2) is 14.8 Å². The van der Waals surface area contributed by atoms with Gasteiger partial charge >= 0.3 is 5.97 Å². The smallest absolute Gasteiger partial charge is 0.328 e. The van der Waals surface area contributed by atoms with Crippen molar-refractivity contribution in [3.63, 3.8) is 0 Å². The third kappa shape index (κ3) is 5.97. The highest BCUT2D eigenvalue weighted by molar-refractivity contribution is 5.77. The summed E-state index contributed by atoms with van der Waals surface area (Å²) in [7, 11) is 0. The fraction of sp³-hybridized carbons (Fsp3) is 0.538. The fourth-order valence-electron chi connectivity index (χ4n) is 4.57. The lowest BCUT2D eigenvalue weighted by Crippen LogP contribution is -2.37. The molecule has 9 heteroatoms. The molecule has 0 bridgehead atoms. The molecule has 1 saturated heterocycles. The molecule has 1 fully saturated rings. The predicted octanol–water partition coefficient (Wildman–Crippen LogP) is 3.98. The zero-order valence-corrected chi connectivity index (χ0v) is 20.6. The van der Waals surface area contributed by atoms with E-state index < -0.39 is 6.04 Å². The first-order valence-corrected chi connectivity index (χ1v) is 12.6. The van der Waals surface area contributed by atoms with Gasteiger partial charge in [0.1, 0.15) is 18.9 Å². The van der Waals surface area contributed by atoms with Crippen molar-refractivity contribution >= 4 is 17.1 Å². The Morgan fingerprint density at radius 1 is 1.17 bits per heavy atom. The van der Waals surface area contributed by atoms with E-state index in [4.69, 9.17) is 9.47 Å². The van der Waals surface area contributed by atoms with Crippen LogP contribution in [0, 0.1) is 0 Å². The molecular formula is C26H35N5O4. The molecule has 3 aromatic rings. The molecule has 188 valence electrons. The Labute approximate surface area is 205 Å². The maximum absolute atomic E-state index is 13.4. The Hall–Kier alpha value is -3.04. The van der Waals surface area contributed by atoms with Gasteiger partial charge in [0.25, 0.3) is 5.56 Å². The van der Waals surface area contributed by atoms with Gasteiger partial charge in [-0.15, -0.1) is 0 Å². The van der Waals surface area contributed by atoms with Gasteiger partial charge in [0.2, 0.25) is 0 Å². The van der Waals surface area contributed by atoms with Gasteiger partial charge in [0.15, 0.2) is 11.2 Å². The number of unbranched alkanes of at least 4 members (excludes halogenated alkanes) is 2. The molecule has 2 aromatic heterocycles. The van der Waals surface area contributed by atoms with Crippen LogP contribution in [0.1, 0.15) is 70.2 Å². The molecule has 9 nitrogen and oxygen atoms in total. The number of rotatable bonds is 12. The van der Waals surface area contributed by atoms with Gasteiger partial charge < -0.3 is 14.5 Å². The number of hydrogen-bond acceptors (Lipinski definition) is 7. The highest BCUT2D eigenvalue weighted by Crippen LogP contribution is 2.31. The molecule has 0 radical (unpaired) electrons. The van der Waals surface area contributed by atoms with Crippen molar-refractivity contribution in [1.29, 1.82) is 0 Å². The van der Waals surface area contributed by atoms with Crippen LogP contribution in [0.3, 0.4) is 0 Å². The Bertz CT molecular complexity index is 1140. The van der Waals surface area contributed by atoms with Gasteiger partial charge in [0.05, 0.1) is 18.8 Å². The minimum atomic E-state index is -0.431. The van der Waals surface area contributed by atoms with Crippen LogP contribution in [-0.4, -0.2) is 56.2 Å². The van der Waals surface area contributed by atoms with Crippen molar-refractivity contribution < 1.29 is 14.3 Å². The van der Waals surface area contributed by atoms with Gasteiger partial charge in [-0.1, -0.05) is 57.0 Å². The van der Waals surface area contributed by atoms with Gasteiger partial charge in [-0.3, -0.25) is 14.3 Å². The molecule has 0 saturated carbocycles. The topological polar surface area (TPSA) is 102 Å². The van der Waals surface area contributed by atoms with Crippen LogP contribution in [0.5, 0.6) is 0 Å². The molecule has 3 atom stereocenters. The third-order valence-electron chi connectivity index (χ3n) is 6.47. The molecule has 1 N–H and O–H groups in total.